The van der Waals surface area contributed by atoms with Gasteiger partial charge in [0.15, 0.2) is 0 Å². The molecular weight excluding hydrogens is 350 g/mol. The van der Waals surface area contributed by atoms with Crippen LogP contribution in [0.5, 0.6) is 0 Å². The van der Waals surface area contributed by atoms with E-state index >= 15 is 0 Å². The lowest BCUT2D eigenvalue weighted by Gasteiger charge is -2.09. The zero-order chi connectivity index (χ0) is 17.7. The van der Waals surface area contributed by atoms with Crippen molar-refractivity contribution in [3.05, 3.63) is 51.7 Å². The second-order valence-corrected chi connectivity index (χ2v) is 7.73. The Hall–Kier alpha value is -2.23. The number of nitrogens with one attached hydrogen (secondary N) is 3. The third-order valence-electron chi connectivity index (χ3n) is 3.02. The predicted molar refractivity (Wildman–Crippen MR) is 91.0 cm³/mol. The third kappa shape index (κ3) is 4.88. The molecule has 1 heterocycles. The fourth-order valence-corrected chi connectivity index (χ4v) is 3.42. The van der Waals surface area contributed by atoms with E-state index in [0.717, 1.165) is 11.1 Å². The minimum Gasteiger partial charge on any atom is -0.342 e. The summed E-state index contributed by atoms with van der Waals surface area (Å²) in [4.78, 5) is 26.0. The quantitative estimate of drug-likeness (QED) is 0.665. The Bertz CT molecular complexity index is 842. The summed E-state index contributed by atoms with van der Waals surface area (Å²) < 4.78 is 24.0. The van der Waals surface area contributed by atoms with Crippen LogP contribution in [0, 0.1) is 13.8 Å². The Balaban J connectivity index is 1.84. The van der Waals surface area contributed by atoms with Crippen LogP contribution in [0.3, 0.4) is 0 Å². The average molecular weight is 367 g/mol. The molecule has 1 aromatic heterocycles. The van der Waals surface area contributed by atoms with E-state index in [0.29, 0.717) is 4.88 Å². The number of thiophene rings is 1. The van der Waals surface area contributed by atoms with Crippen molar-refractivity contribution in [2.45, 2.75) is 18.7 Å². The Morgan fingerprint density at radius 3 is 2.33 bits per heavy atom. The number of sulfonamides is 1. The summed E-state index contributed by atoms with van der Waals surface area (Å²) >= 11 is 1.27. The van der Waals surface area contributed by atoms with Gasteiger partial charge in [0.1, 0.15) is 0 Å². The van der Waals surface area contributed by atoms with Crippen molar-refractivity contribution in [3.63, 3.8) is 0 Å². The van der Waals surface area contributed by atoms with Gasteiger partial charge in [-0.25, -0.2) is 8.42 Å². The second-order valence-electron chi connectivity index (χ2n) is 5.14. The first-order valence-electron chi connectivity index (χ1n) is 6.98. The van der Waals surface area contributed by atoms with Gasteiger partial charge in [-0.3, -0.25) is 15.0 Å². The molecule has 0 saturated heterocycles. The van der Waals surface area contributed by atoms with Gasteiger partial charge in [0.2, 0.25) is 0 Å². The fraction of sp³-hybridized carbons (Fsp3) is 0.200. The molecule has 0 atom stereocenters. The molecule has 0 saturated carbocycles. The molecule has 0 aliphatic heterocycles. The van der Waals surface area contributed by atoms with Gasteiger partial charge in [0.05, 0.1) is 16.3 Å². The van der Waals surface area contributed by atoms with Gasteiger partial charge in [-0.15, -0.1) is 16.2 Å². The summed E-state index contributed by atoms with van der Waals surface area (Å²) in [6.07, 6.45) is 0. The van der Waals surface area contributed by atoms with Gasteiger partial charge in [-0.1, -0.05) is 17.7 Å². The van der Waals surface area contributed by atoms with Gasteiger partial charge in [-0.2, -0.15) is 0 Å². The average Bonchev–Trinajstić information content (AvgIpc) is 2.98. The van der Waals surface area contributed by atoms with Gasteiger partial charge < -0.3 is 5.32 Å². The first kappa shape index (κ1) is 18.1. The summed E-state index contributed by atoms with van der Waals surface area (Å²) in [6, 6.07) is 7.88. The van der Waals surface area contributed by atoms with E-state index in [1.807, 2.05) is 24.1 Å². The van der Waals surface area contributed by atoms with E-state index in [1.165, 1.54) is 23.5 Å². The standard InChI is InChI=1S/C15H17N3O4S2/c1-10-3-5-12(6-4-10)24(21,22)18-17-14(19)8-16-15(20)13-7-11(2)9-23-13/h3-7,9,18H,8H2,1-2H3,(H,16,20)(H,17,19). The monoisotopic (exact) mass is 367 g/mol. The van der Waals surface area contributed by atoms with Gasteiger partial charge in [-0.05, 0) is 43.0 Å². The van der Waals surface area contributed by atoms with Crippen LogP contribution in [0.4, 0.5) is 0 Å². The minimum absolute atomic E-state index is 0.0338. The van der Waals surface area contributed by atoms with Crippen molar-refractivity contribution in [1.29, 1.82) is 0 Å². The molecule has 2 aromatic rings. The molecule has 1 aromatic carbocycles. The summed E-state index contributed by atoms with van der Waals surface area (Å²) in [5.41, 5.74) is 3.94. The van der Waals surface area contributed by atoms with E-state index < -0.39 is 15.9 Å². The number of aryl methyl sites for hydroxylation is 2. The molecule has 0 unspecified atom stereocenters. The predicted octanol–water partition coefficient (Wildman–Crippen LogP) is 1.10. The fourth-order valence-electron chi connectivity index (χ4n) is 1.74. The number of amides is 2. The highest BCUT2D eigenvalue weighted by Gasteiger charge is 2.15. The first-order chi connectivity index (χ1) is 11.3. The molecule has 0 aliphatic rings. The molecule has 9 heteroatoms. The zero-order valence-corrected chi connectivity index (χ0v) is 14.8. The molecule has 0 radical (unpaired) electrons. The molecule has 3 N–H and O–H groups in total. The topological polar surface area (TPSA) is 104 Å². The second kappa shape index (κ2) is 7.56. The number of rotatable bonds is 6. The maximum atomic E-state index is 12.0. The lowest BCUT2D eigenvalue weighted by Crippen LogP contribution is -2.46. The van der Waals surface area contributed by atoms with Crippen LogP contribution < -0.4 is 15.6 Å². The van der Waals surface area contributed by atoms with Crippen LogP contribution >= 0.6 is 11.3 Å². The lowest BCUT2D eigenvalue weighted by molar-refractivity contribution is -0.120. The summed E-state index contributed by atoms with van der Waals surface area (Å²) in [5, 5.41) is 4.24. The Morgan fingerprint density at radius 2 is 1.75 bits per heavy atom. The van der Waals surface area contributed by atoms with E-state index in [4.69, 9.17) is 0 Å². The highest BCUT2D eigenvalue weighted by molar-refractivity contribution is 7.89. The largest absolute Gasteiger partial charge is 0.342 e. The summed E-state index contributed by atoms with van der Waals surface area (Å²) in [7, 11) is -3.85. The van der Waals surface area contributed by atoms with Crippen LogP contribution in [-0.4, -0.2) is 26.8 Å². The molecule has 128 valence electrons. The first-order valence-corrected chi connectivity index (χ1v) is 9.35. The van der Waals surface area contributed by atoms with Crippen molar-refractivity contribution in [2.75, 3.05) is 6.54 Å². The number of benzene rings is 1. The molecule has 7 nitrogen and oxygen atoms in total. The number of hydrazine groups is 1. The molecule has 2 rings (SSSR count). The van der Waals surface area contributed by atoms with Crippen LogP contribution in [0.15, 0.2) is 40.6 Å². The van der Waals surface area contributed by atoms with Gasteiger partial charge >= 0.3 is 0 Å². The van der Waals surface area contributed by atoms with Crippen LogP contribution in [0.25, 0.3) is 0 Å². The van der Waals surface area contributed by atoms with Crippen molar-refractivity contribution >= 4 is 33.2 Å². The Kier molecular flexibility index (Phi) is 5.71. The molecule has 24 heavy (non-hydrogen) atoms. The molecule has 0 aliphatic carbocycles. The summed E-state index contributed by atoms with van der Waals surface area (Å²) in [6.45, 7) is 3.36. The molecule has 0 bridgehead atoms. The van der Waals surface area contributed by atoms with E-state index in [2.05, 4.69) is 10.7 Å². The lowest BCUT2D eigenvalue weighted by atomic mass is 10.2. The van der Waals surface area contributed by atoms with Crippen molar-refractivity contribution in [3.8, 4) is 0 Å². The Morgan fingerprint density at radius 1 is 1.08 bits per heavy atom. The van der Waals surface area contributed by atoms with Crippen LogP contribution in [0.1, 0.15) is 20.8 Å². The maximum absolute atomic E-state index is 12.0. The van der Waals surface area contributed by atoms with Crippen molar-refractivity contribution in [1.82, 2.24) is 15.6 Å². The molecule has 0 spiro atoms. The SMILES string of the molecule is Cc1ccc(S(=O)(=O)NNC(=O)CNC(=O)c2cc(C)cs2)cc1. The van der Waals surface area contributed by atoms with Crippen molar-refractivity contribution < 1.29 is 18.0 Å². The smallest absolute Gasteiger partial charge is 0.261 e. The summed E-state index contributed by atoms with van der Waals surface area (Å²) in [5.74, 6) is -1.06. The number of carbonyl (C=O) groups excluding carboxylic acids is 2. The molecule has 2 amide bonds. The van der Waals surface area contributed by atoms with E-state index in [-0.39, 0.29) is 17.3 Å². The minimum atomic E-state index is -3.85. The van der Waals surface area contributed by atoms with E-state index in [1.54, 1.807) is 18.2 Å². The van der Waals surface area contributed by atoms with Gasteiger partial charge in [0, 0.05) is 0 Å². The highest BCUT2D eigenvalue weighted by Crippen LogP contribution is 2.13. The van der Waals surface area contributed by atoms with Gasteiger partial charge in [0.25, 0.3) is 21.8 Å². The van der Waals surface area contributed by atoms with Crippen LogP contribution in [-0.2, 0) is 14.8 Å². The molecule has 0 fully saturated rings. The number of carbonyl (C=O) groups is 2. The van der Waals surface area contributed by atoms with Crippen molar-refractivity contribution in [2.24, 2.45) is 0 Å². The maximum Gasteiger partial charge on any atom is 0.261 e. The third-order valence-corrected chi connectivity index (χ3v) is 5.33. The number of hydrogen-bond acceptors (Lipinski definition) is 5. The highest BCUT2D eigenvalue weighted by atomic mass is 32.2. The Labute approximate surface area is 144 Å². The normalized spacial score (nSPS) is 11.1. The molecular formula is C15H17N3O4S2. The van der Waals surface area contributed by atoms with Crippen LogP contribution in [0.2, 0.25) is 0 Å². The van der Waals surface area contributed by atoms with E-state index in [9.17, 15) is 18.0 Å². The zero-order valence-electron chi connectivity index (χ0n) is 13.1. The number of hydrogen-bond donors (Lipinski definition) is 3.